The van der Waals surface area contributed by atoms with Crippen LogP contribution in [0.15, 0.2) is 85.2 Å². The van der Waals surface area contributed by atoms with Crippen molar-refractivity contribution in [3.8, 4) is 23.0 Å². The minimum Gasteiger partial charge on any atom is -0.254 e. The van der Waals surface area contributed by atoms with Crippen molar-refractivity contribution in [2.75, 3.05) is 0 Å². The minimum absolute atomic E-state index is 0.0797. The summed E-state index contributed by atoms with van der Waals surface area (Å²) in [4.78, 5) is 9.27. The predicted octanol–water partition coefficient (Wildman–Crippen LogP) is 10.4. The summed E-state index contributed by atoms with van der Waals surface area (Å²) in [7, 11) is 0. The number of benzene rings is 3. The van der Waals surface area contributed by atoms with Gasteiger partial charge in [-0.05, 0) is 71.5 Å². The summed E-state index contributed by atoms with van der Waals surface area (Å²) >= 11 is 0. The Hall–Kier alpha value is -3.96. The molecule has 0 amide bonds. The molecule has 2 heterocycles. The van der Waals surface area contributed by atoms with Crippen molar-refractivity contribution in [3.05, 3.63) is 107 Å². The van der Waals surface area contributed by atoms with Crippen molar-refractivity contribution in [1.82, 2.24) is 9.97 Å². The van der Waals surface area contributed by atoms with Crippen LogP contribution >= 0.6 is 0 Å². The molecule has 0 radical (unpaired) electrons. The first-order valence-corrected chi connectivity index (χ1v) is 15.6. The topological polar surface area (TPSA) is 25.8 Å². The average molecular weight is 537 g/mol. The van der Waals surface area contributed by atoms with E-state index in [0.717, 1.165) is 32.9 Å². The summed E-state index contributed by atoms with van der Waals surface area (Å²) in [5, 5.41) is 2.13. The zero-order chi connectivity index (χ0) is 28.1. The van der Waals surface area contributed by atoms with Gasteiger partial charge in [0, 0.05) is 39.7 Å². The molecule has 0 unspecified atom stereocenters. The van der Waals surface area contributed by atoms with Crippen LogP contribution in [0.1, 0.15) is 100 Å². The summed E-state index contributed by atoms with van der Waals surface area (Å²) < 4.78 is 0. The highest BCUT2D eigenvalue weighted by atomic mass is 14.7. The number of unbranched alkanes of at least 4 members (excludes halogenated alkanes) is 6. The molecular weight excluding hydrogens is 496 g/mol. The van der Waals surface area contributed by atoms with E-state index in [-0.39, 0.29) is 5.41 Å². The lowest BCUT2D eigenvalue weighted by molar-refractivity contribution is 0.401. The SMILES string of the molecule is CCCCCCC1(CCCCCC)c2ccccc2-c2ccc(C#Cc3cc4cccnc4c4ncccc34)cc21. The Morgan fingerprint density at radius 1 is 0.610 bits per heavy atom. The predicted molar refractivity (Wildman–Crippen MR) is 173 cm³/mol. The molecular formula is C39H40N2. The second-order valence-electron chi connectivity index (χ2n) is 11.7. The number of rotatable bonds is 10. The zero-order valence-corrected chi connectivity index (χ0v) is 24.5. The van der Waals surface area contributed by atoms with E-state index in [1.807, 2.05) is 24.5 Å². The van der Waals surface area contributed by atoms with E-state index in [9.17, 15) is 0 Å². The van der Waals surface area contributed by atoms with Gasteiger partial charge in [0.25, 0.3) is 0 Å². The van der Waals surface area contributed by atoms with Crippen molar-refractivity contribution >= 4 is 21.8 Å². The summed E-state index contributed by atoms with van der Waals surface area (Å²) in [5.41, 5.74) is 9.87. The molecule has 0 aliphatic heterocycles. The van der Waals surface area contributed by atoms with Gasteiger partial charge in [-0.2, -0.15) is 0 Å². The quantitative estimate of drug-likeness (QED) is 0.101. The van der Waals surface area contributed by atoms with E-state index in [4.69, 9.17) is 0 Å². The highest BCUT2D eigenvalue weighted by Crippen LogP contribution is 2.54. The smallest absolute Gasteiger partial charge is 0.0977 e. The number of fused-ring (bicyclic) bond motifs is 6. The van der Waals surface area contributed by atoms with Crippen molar-refractivity contribution in [2.24, 2.45) is 0 Å². The number of pyridine rings is 2. The second kappa shape index (κ2) is 12.3. The Labute approximate surface area is 245 Å². The number of hydrogen-bond donors (Lipinski definition) is 0. The lowest BCUT2D eigenvalue weighted by atomic mass is 9.70. The molecule has 0 spiro atoms. The molecule has 3 aromatic carbocycles. The molecule has 41 heavy (non-hydrogen) atoms. The molecule has 0 saturated carbocycles. The van der Waals surface area contributed by atoms with Crippen LogP contribution in [0.2, 0.25) is 0 Å². The number of aromatic nitrogens is 2. The Balaban J connectivity index is 1.43. The van der Waals surface area contributed by atoms with Crippen LogP contribution in [-0.2, 0) is 5.41 Å². The molecule has 6 rings (SSSR count). The largest absolute Gasteiger partial charge is 0.254 e. The first-order valence-electron chi connectivity index (χ1n) is 15.6. The van der Waals surface area contributed by atoms with Gasteiger partial charge in [0.2, 0.25) is 0 Å². The molecule has 1 aliphatic rings. The van der Waals surface area contributed by atoms with Crippen LogP contribution in [0.4, 0.5) is 0 Å². The molecule has 0 fully saturated rings. The summed E-state index contributed by atoms with van der Waals surface area (Å²) in [6.07, 6.45) is 16.4. The van der Waals surface area contributed by atoms with Crippen molar-refractivity contribution in [2.45, 2.75) is 83.5 Å². The van der Waals surface area contributed by atoms with Crippen LogP contribution in [0.25, 0.3) is 32.9 Å². The first kappa shape index (κ1) is 27.2. The fraction of sp³-hybridized carbons (Fsp3) is 0.333. The maximum Gasteiger partial charge on any atom is 0.0977 e. The maximum atomic E-state index is 4.67. The molecule has 2 heteroatoms. The summed E-state index contributed by atoms with van der Waals surface area (Å²) in [6, 6.07) is 26.5. The third-order valence-corrected chi connectivity index (χ3v) is 8.98. The number of hydrogen-bond acceptors (Lipinski definition) is 2. The van der Waals surface area contributed by atoms with E-state index in [1.165, 1.54) is 86.5 Å². The first-order chi connectivity index (χ1) is 20.2. The van der Waals surface area contributed by atoms with Crippen LogP contribution in [0, 0.1) is 11.8 Å². The maximum absolute atomic E-state index is 4.67. The van der Waals surface area contributed by atoms with E-state index in [2.05, 4.69) is 96.3 Å². The molecule has 0 bridgehead atoms. The van der Waals surface area contributed by atoms with Gasteiger partial charge in [-0.25, -0.2) is 0 Å². The van der Waals surface area contributed by atoms with E-state index in [1.54, 1.807) is 0 Å². The molecule has 0 atom stereocenters. The Bertz CT molecular complexity index is 1720. The lowest BCUT2D eigenvalue weighted by Gasteiger charge is -2.33. The van der Waals surface area contributed by atoms with Gasteiger partial charge in [0.1, 0.15) is 0 Å². The molecule has 1 aliphatic carbocycles. The van der Waals surface area contributed by atoms with Crippen LogP contribution in [0.5, 0.6) is 0 Å². The second-order valence-corrected chi connectivity index (χ2v) is 11.7. The fourth-order valence-electron chi connectivity index (χ4n) is 6.92. The molecule has 2 aromatic heterocycles. The summed E-state index contributed by atoms with van der Waals surface area (Å²) in [6.45, 7) is 4.61. The Morgan fingerprint density at radius 3 is 2.10 bits per heavy atom. The van der Waals surface area contributed by atoms with Crippen LogP contribution in [0.3, 0.4) is 0 Å². The van der Waals surface area contributed by atoms with Gasteiger partial charge in [-0.1, -0.05) is 113 Å². The summed E-state index contributed by atoms with van der Waals surface area (Å²) in [5.74, 6) is 7.10. The van der Waals surface area contributed by atoms with Gasteiger partial charge in [0.15, 0.2) is 0 Å². The van der Waals surface area contributed by atoms with Gasteiger partial charge in [-0.3, -0.25) is 9.97 Å². The van der Waals surface area contributed by atoms with Gasteiger partial charge in [-0.15, -0.1) is 0 Å². The molecule has 5 aromatic rings. The average Bonchev–Trinajstić information content (AvgIpc) is 3.29. The van der Waals surface area contributed by atoms with Crippen LogP contribution < -0.4 is 0 Å². The third kappa shape index (κ3) is 5.27. The van der Waals surface area contributed by atoms with E-state index >= 15 is 0 Å². The molecule has 0 N–H and O–H groups in total. The highest BCUT2D eigenvalue weighted by molar-refractivity contribution is 6.05. The monoisotopic (exact) mass is 536 g/mol. The van der Waals surface area contributed by atoms with E-state index < -0.39 is 0 Å². The van der Waals surface area contributed by atoms with Crippen molar-refractivity contribution < 1.29 is 0 Å². The Kier molecular flexibility index (Phi) is 8.15. The zero-order valence-electron chi connectivity index (χ0n) is 24.5. The van der Waals surface area contributed by atoms with Crippen molar-refractivity contribution in [1.29, 1.82) is 0 Å². The van der Waals surface area contributed by atoms with E-state index in [0.29, 0.717) is 0 Å². The normalized spacial score (nSPS) is 13.1. The highest BCUT2D eigenvalue weighted by Gasteiger charge is 2.42. The van der Waals surface area contributed by atoms with Crippen LogP contribution in [-0.4, -0.2) is 9.97 Å². The minimum atomic E-state index is 0.0797. The fourth-order valence-corrected chi connectivity index (χ4v) is 6.92. The third-order valence-electron chi connectivity index (χ3n) is 8.98. The molecule has 0 saturated heterocycles. The van der Waals surface area contributed by atoms with Gasteiger partial charge >= 0.3 is 0 Å². The molecule has 2 nitrogen and oxygen atoms in total. The Morgan fingerprint density at radius 2 is 1.32 bits per heavy atom. The van der Waals surface area contributed by atoms with Crippen molar-refractivity contribution in [3.63, 3.8) is 0 Å². The van der Waals surface area contributed by atoms with Gasteiger partial charge in [0.05, 0.1) is 11.0 Å². The molecule has 206 valence electrons. The number of nitrogens with zero attached hydrogens (tertiary/aromatic N) is 2. The lowest BCUT2D eigenvalue weighted by Crippen LogP contribution is -2.25. The van der Waals surface area contributed by atoms with Gasteiger partial charge < -0.3 is 0 Å². The standard InChI is InChI=1S/C39H40N2/c1-3-5-7-11-23-39(24-12-8-6-4-2)35-18-10-9-16-33(35)34-22-20-29(27-36(34)39)19-21-30-28-31-15-13-25-40-37(31)38-32(30)17-14-26-41-38/h9-10,13-18,20,22,25-28H,3-8,11-12,23-24H2,1-2H3.